The van der Waals surface area contributed by atoms with Crippen LogP contribution in [0.1, 0.15) is 39.0 Å². The Hall–Kier alpha value is -1.15. The van der Waals surface area contributed by atoms with Crippen LogP contribution >= 0.6 is 0 Å². The molecule has 8 heteroatoms. The van der Waals surface area contributed by atoms with Crippen molar-refractivity contribution >= 4 is 21.8 Å². The van der Waals surface area contributed by atoms with Crippen molar-refractivity contribution in [3.63, 3.8) is 0 Å². The SMILES string of the molecule is CC1(C(=O)NCCS(=O)(=O)NCC2CCC2)CCCNC1=O. The maximum Gasteiger partial charge on any atom is 0.235 e. The number of nitrogens with one attached hydrogen (secondary N) is 3. The first kappa shape index (κ1) is 17.2. The van der Waals surface area contributed by atoms with Crippen LogP contribution in [0.25, 0.3) is 0 Å². The lowest BCUT2D eigenvalue weighted by Crippen LogP contribution is -2.53. The summed E-state index contributed by atoms with van der Waals surface area (Å²) in [5.41, 5.74) is -1.10. The van der Waals surface area contributed by atoms with Crippen LogP contribution in [0, 0.1) is 11.3 Å². The molecule has 0 aromatic rings. The van der Waals surface area contributed by atoms with Gasteiger partial charge in [-0.1, -0.05) is 6.42 Å². The second-order valence-corrected chi connectivity index (χ2v) is 8.34. The van der Waals surface area contributed by atoms with Crippen molar-refractivity contribution < 1.29 is 18.0 Å². The van der Waals surface area contributed by atoms with Crippen molar-refractivity contribution in [1.82, 2.24) is 15.4 Å². The molecule has 1 saturated heterocycles. The highest BCUT2D eigenvalue weighted by molar-refractivity contribution is 7.89. The summed E-state index contributed by atoms with van der Waals surface area (Å²) >= 11 is 0. The molecule has 1 atom stereocenters. The van der Waals surface area contributed by atoms with Gasteiger partial charge in [-0.05, 0) is 38.5 Å². The first-order valence-electron chi connectivity index (χ1n) is 7.87. The minimum absolute atomic E-state index is 0.0156. The van der Waals surface area contributed by atoms with Crippen LogP contribution in [-0.2, 0) is 19.6 Å². The predicted molar refractivity (Wildman–Crippen MR) is 82.5 cm³/mol. The van der Waals surface area contributed by atoms with E-state index in [1.807, 2.05) is 0 Å². The van der Waals surface area contributed by atoms with E-state index in [4.69, 9.17) is 0 Å². The fourth-order valence-corrected chi connectivity index (χ4v) is 3.68. The van der Waals surface area contributed by atoms with Gasteiger partial charge in [-0.15, -0.1) is 0 Å². The van der Waals surface area contributed by atoms with E-state index < -0.39 is 21.3 Å². The molecule has 2 rings (SSSR count). The maximum absolute atomic E-state index is 12.2. The van der Waals surface area contributed by atoms with E-state index in [2.05, 4.69) is 15.4 Å². The molecule has 1 aliphatic carbocycles. The summed E-state index contributed by atoms with van der Waals surface area (Å²) in [4.78, 5) is 24.0. The molecule has 2 fully saturated rings. The Morgan fingerprint density at radius 3 is 2.68 bits per heavy atom. The van der Waals surface area contributed by atoms with Crippen LogP contribution in [0.2, 0.25) is 0 Å². The molecular formula is C14H25N3O4S. The van der Waals surface area contributed by atoms with Crippen molar-refractivity contribution in [2.75, 3.05) is 25.4 Å². The predicted octanol–water partition coefficient (Wildman–Crippen LogP) is -0.262. The zero-order chi connectivity index (χ0) is 16.2. The van der Waals surface area contributed by atoms with Crippen LogP contribution in [-0.4, -0.2) is 45.6 Å². The quantitative estimate of drug-likeness (QED) is 0.559. The minimum Gasteiger partial charge on any atom is -0.355 e. The standard InChI is InChI=1S/C14H25N3O4S/c1-14(6-3-7-15-12(14)18)13(19)16-8-9-22(20,21)17-10-11-4-2-5-11/h11,17H,2-10H2,1H3,(H,15,18)(H,16,19). The van der Waals surface area contributed by atoms with Crippen molar-refractivity contribution in [2.24, 2.45) is 11.3 Å². The van der Waals surface area contributed by atoms with Crippen LogP contribution in [0.3, 0.4) is 0 Å². The molecule has 1 saturated carbocycles. The van der Waals surface area contributed by atoms with Gasteiger partial charge in [0.25, 0.3) is 0 Å². The number of piperidine rings is 1. The summed E-state index contributed by atoms with van der Waals surface area (Å²) in [5, 5.41) is 5.25. The summed E-state index contributed by atoms with van der Waals surface area (Å²) < 4.78 is 26.2. The molecule has 0 aromatic heterocycles. The largest absolute Gasteiger partial charge is 0.355 e. The molecule has 22 heavy (non-hydrogen) atoms. The van der Waals surface area contributed by atoms with E-state index >= 15 is 0 Å². The Morgan fingerprint density at radius 2 is 2.09 bits per heavy atom. The maximum atomic E-state index is 12.2. The second-order valence-electron chi connectivity index (χ2n) is 6.41. The fraction of sp³-hybridized carbons (Fsp3) is 0.857. The van der Waals surface area contributed by atoms with Gasteiger partial charge in [0.2, 0.25) is 21.8 Å². The summed E-state index contributed by atoms with van der Waals surface area (Å²) in [5.74, 6) is -0.404. The van der Waals surface area contributed by atoms with Gasteiger partial charge in [-0.3, -0.25) is 9.59 Å². The molecular weight excluding hydrogens is 306 g/mol. The molecule has 7 nitrogen and oxygen atoms in total. The van der Waals surface area contributed by atoms with Crippen molar-refractivity contribution in [3.05, 3.63) is 0 Å². The van der Waals surface area contributed by atoms with E-state index in [-0.39, 0.29) is 18.2 Å². The number of amides is 2. The average molecular weight is 331 g/mol. The zero-order valence-electron chi connectivity index (χ0n) is 13.0. The Morgan fingerprint density at radius 1 is 1.36 bits per heavy atom. The van der Waals surface area contributed by atoms with Crippen LogP contribution in [0.15, 0.2) is 0 Å². The van der Waals surface area contributed by atoms with Gasteiger partial charge in [0.15, 0.2) is 0 Å². The molecule has 0 spiro atoms. The van der Waals surface area contributed by atoms with Gasteiger partial charge in [-0.25, -0.2) is 13.1 Å². The number of sulfonamides is 1. The van der Waals surface area contributed by atoms with E-state index in [0.29, 0.717) is 25.4 Å². The summed E-state index contributed by atoms with van der Waals surface area (Å²) in [6, 6.07) is 0. The van der Waals surface area contributed by atoms with Crippen LogP contribution in [0.4, 0.5) is 0 Å². The number of rotatable bonds is 7. The lowest BCUT2D eigenvalue weighted by Gasteiger charge is -2.31. The summed E-state index contributed by atoms with van der Waals surface area (Å²) in [6.45, 7) is 2.68. The molecule has 2 amide bonds. The number of carbonyl (C=O) groups excluding carboxylic acids is 2. The Labute approximate surface area is 131 Å². The average Bonchev–Trinajstić information content (AvgIpc) is 2.40. The number of hydrogen-bond acceptors (Lipinski definition) is 4. The molecule has 0 aromatic carbocycles. The molecule has 3 N–H and O–H groups in total. The van der Waals surface area contributed by atoms with Gasteiger partial charge in [0.05, 0.1) is 5.75 Å². The lowest BCUT2D eigenvalue weighted by atomic mass is 9.81. The zero-order valence-corrected chi connectivity index (χ0v) is 13.8. The van der Waals surface area contributed by atoms with E-state index in [1.54, 1.807) is 6.92 Å². The van der Waals surface area contributed by atoms with Gasteiger partial charge < -0.3 is 10.6 Å². The molecule has 1 aliphatic heterocycles. The number of carbonyl (C=O) groups is 2. The van der Waals surface area contributed by atoms with Crippen molar-refractivity contribution in [3.8, 4) is 0 Å². The van der Waals surface area contributed by atoms with Crippen LogP contribution < -0.4 is 15.4 Å². The smallest absolute Gasteiger partial charge is 0.235 e. The van der Waals surface area contributed by atoms with E-state index in [9.17, 15) is 18.0 Å². The Kier molecular flexibility index (Phi) is 5.44. The first-order valence-corrected chi connectivity index (χ1v) is 9.53. The van der Waals surface area contributed by atoms with Crippen molar-refractivity contribution in [1.29, 1.82) is 0 Å². The van der Waals surface area contributed by atoms with Gasteiger partial charge in [0, 0.05) is 19.6 Å². The molecule has 2 aliphatic rings. The van der Waals surface area contributed by atoms with Crippen LogP contribution in [0.5, 0.6) is 0 Å². The monoisotopic (exact) mass is 331 g/mol. The Balaban J connectivity index is 1.74. The fourth-order valence-electron chi connectivity index (χ4n) is 2.68. The first-order chi connectivity index (χ1) is 10.3. The normalized spacial score (nSPS) is 26.1. The number of hydrogen-bond donors (Lipinski definition) is 3. The van der Waals surface area contributed by atoms with Crippen molar-refractivity contribution in [2.45, 2.75) is 39.0 Å². The molecule has 1 unspecified atom stereocenters. The third kappa shape index (κ3) is 4.19. The van der Waals surface area contributed by atoms with E-state index in [1.165, 1.54) is 6.42 Å². The van der Waals surface area contributed by atoms with Gasteiger partial charge in [0.1, 0.15) is 5.41 Å². The molecule has 126 valence electrons. The van der Waals surface area contributed by atoms with Gasteiger partial charge in [-0.2, -0.15) is 0 Å². The molecule has 1 heterocycles. The minimum atomic E-state index is -3.38. The molecule has 0 bridgehead atoms. The molecule has 0 radical (unpaired) electrons. The second kappa shape index (κ2) is 6.95. The summed E-state index contributed by atoms with van der Waals surface area (Å²) in [7, 11) is -3.38. The Bertz CT molecular complexity index is 530. The third-order valence-electron chi connectivity index (χ3n) is 4.61. The summed E-state index contributed by atoms with van der Waals surface area (Å²) in [6.07, 6.45) is 4.55. The highest BCUT2D eigenvalue weighted by Gasteiger charge is 2.42. The topological polar surface area (TPSA) is 104 Å². The lowest BCUT2D eigenvalue weighted by molar-refractivity contribution is -0.144. The highest BCUT2D eigenvalue weighted by Crippen LogP contribution is 2.27. The highest BCUT2D eigenvalue weighted by atomic mass is 32.2. The third-order valence-corrected chi connectivity index (χ3v) is 5.96. The van der Waals surface area contributed by atoms with Gasteiger partial charge >= 0.3 is 0 Å². The van der Waals surface area contributed by atoms with E-state index in [0.717, 1.165) is 19.3 Å².